The minimum atomic E-state index is -3.89. The molecular weight excluding hydrogens is 151 g/mol. The van der Waals surface area contributed by atoms with E-state index in [9.17, 15) is 13.0 Å². The summed E-state index contributed by atoms with van der Waals surface area (Å²) in [5.74, 6) is -0.432. The van der Waals surface area contributed by atoms with E-state index in [2.05, 4.69) is 0 Å². The monoisotopic (exact) mass is 156 g/mol. The molecular formula is C2H5O4PS. The second-order valence-corrected chi connectivity index (χ2v) is 3.42. The standard InChI is InChI=1S/C2H5O4PS/c3-7-1-2-8(4,5)6/h1-2H2,(H,4,5,6). The molecule has 0 aliphatic carbocycles. The summed E-state index contributed by atoms with van der Waals surface area (Å²) in [6, 6.07) is 0. The Balaban J connectivity index is 3.57. The highest BCUT2D eigenvalue weighted by Gasteiger charge is 2.01. The molecule has 0 aromatic carbocycles. The van der Waals surface area contributed by atoms with Gasteiger partial charge < -0.3 is 0 Å². The van der Waals surface area contributed by atoms with E-state index in [1.807, 2.05) is 0 Å². The minimum Gasteiger partial charge on any atom is -0.286 e. The maximum absolute atomic E-state index is 9.80. The Morgan fingerprint density at radius 3 is 2.12 bits per heavy atom. The van der Waals surface area contributed by atoms with Crippen molar-refractivity contribution in [2.24, 2.45) is 0 Å². The average Bonchev–Trinajstić information content (AvgIpc) is 1.59. The van der Waals surface area contributed by atoms with E-state index >= 15 is 0 Å². The lowest BCUT2D eigenvalue weighted by Gasteiger charge is -1.84. The van der Waals surface area contributed by atoms with E-state index in [-0.39, 0.29) is 14.6 Å². The van der Waals surface area contributed by atoms with E-state index in [4.69, 9.17) is 4.55 Å². The third-order valence-electron chi connectivity index (χ3n) is 0.441. The van der Waals surface area contributed by atoms with Crippen LogP contribution >= 0.6 is 8.46 Å². The van der Waals surface area contributed by atoms with Crippen molar-refractivity contribution in [1.82, 2.24) is 0 Å². The van der Waals surface area contributed by atoms with Gasteiger partial charge in [0.15, 0.2) is 8.46 Å². The fraction of sp³-hybridized carbons (Fsp3) is 1.00. The van der Waals surface area contributed by atoms with Crippen LogP contribution in [0.2, 0.25) is 0 Å². The summed E-state index contributed by atoms with van der Waals surface area (Å²) in [4.78, 5) is 0. The molecule has 48 valence electrons. The summed E-state index contributed by atoms with van der Waals surface area (Å²) in [6.45, 7) is 0. The molecule has 0 rings (SSSR count). The van der Waals surface area contributed by atoms with Crippen LogP contribution in [0.3, 0.4) is 0 Å². The molecule has 0 amide bonds. The van der Waals surface area contributed by atoms with E-state index in [0.29, 0.717) is 0 Å². The summed E-state index contributed by atoms with van der Waals surface area (Å²) < 4.78 is 37.2. The van der Waals surface area contributed by atoms with Crippen LogP contribution in [-0.2, 0) is 14.7 Å². The summed E-state index contributed by atoms with van der Waals surface area (Å²) >= 11 is 0. The van der Waals surface area contributed by atoms with Crippen molar-refractivity contribution >= 4 is 18.6 Å². The topological polar surface area (TPSA) is 71.4 Å². The van der Waals surface area contributed by atoms with Gasteiger partial charge in [0, 0.05) is 6.16 Å². The van der Waals surface area contributed by atoms with Gasteiger partial charge in [0.25, 0.3) is 10.1 Å². The predicted octanol–water partition coefficient (Wildman–Crippen LogP) is 0.166. The molecule has 0 spiro atoms. The van der Waals surface area contributed by atoms with Crippen LogP contribution in [0.5, 0.6) is 0 Å². The molecule has 6 heteroatoms. The normalized spacial score (nSPS) is 12.1. The van der Waals surface area contributed by atoms with E-state index in [0.717, 1.165) is 0 Å². The van der Waals surface area contributed by atoms with E-state index in [1.54, 1.807) is 0 Å². The third-order valence-corrected chi connectivity index (χ3v) is 1.87. The van der Waals surface area contributed by atoms with Crippen LogP contribution in [0.4, 0.5) is 0 Å². The lowest BCUT2D eigenvalue weighted by Crippen LogP contribution is -2.03. The van der Waals surface area contributed by atoms with Gasteiger partial charge in [-0.1, -0.05) is 0 Å². The molecule has 1 N–H and O–H groups in total. The lowest BCUT2D eigenvalue weighted by molar-refractivity contribution is 0.484. The zero-order valence-corrected chi connectivity index (χ0v) is 5.65. The van der Waals surface area contributed by atoms with Crippen LogP contribution in [-0.4, -0.2) is 24.9 Å². The SMILES string of the molecule is O=PCCS(=O)(=O)O. The van der Waals surface area contributed by atoms with Gasteiger partial charge in [0.2, 0.25) is 0 Å². The molecule has 4 nitrogen and oxygen atoms in total. The number of rotatable bonds is 3. The summed E-state index contributed by atoms with van der Waals surface area (Å²) in [5, 5.41) is 0. The molecule has 0 saturated heterocycles. The first-order chi connectivity index (χ1) is 3.56. The number of hydrogen-bond acceptors (Lipinski definition) is 3. The van der Waals surface area contributed by atoms with Gasteiger partial charge >= 0.3 is 0 Å². The second kappa shape index (κ2) is 3.12. The van der Waals surface area contributed by atoms with Crippen molar-refractivity contribution in [1.29, 1.82) is 0 Å². The van der Waals surface area contributed by atoms with Gasteiger partial charge in [-0.05, 0) is 0 Å². The second-order valence-electron chi connectivity index (χ2n) is 1.14. The van der Waals surface area contributed by atoms with Crippen molar-refractivity contribution in [3.63, 3.8) is 0 Å². The van der Waals surface area contributed by atoms with Crippen molar-refractivity contribution in [3.05, 3.63) is 0 Å². The first kappa shape index (κ1) is 8.01. The maximum atomic E-state index is 9.80. The van der Waals surface area contributed by atoms with Gasteiger partial charge in [-0.3, -0.25) is 9.12 Å². The average molecular weight is 156 g/mol. The summed E-state index contributed by atoms with van der Waals surface area (Å²) in [7, 11) is -4.15. The minimum absolute atomic E-state index is 0.0428. The van der Waals surface area contributed by atoms with Crippen LogP contribution in [0.1, 0.15) is 0 Å². The quantitative estimate of drug-likeness (QED) is 0.466. The highest BCUT2D eigenvalue weighted by molar-refractivity contribution is 7.86. The lowest BCUT2D eigenvalue weighted by atomic mass is 11.0. The Morgan fingerprint density at radius 2 is 2.00 bits per heavy atom. The van der Waals surface area contributed by atoms with Crippen LogP contribution in [0.25, 0.3) is 0 Å². The Labute approximate surface area is 48.9 Å². The highest BCUT2D eigenvalue weighted by Crippen LogP contribution is 1.92. The smallest absolute Gasteiger partial charge is 0.265 e. The van der Waals surface area contributed by atoms with E-state index < -0.39 is 15.9 Å². The largest absolute Gasteiger partial charge is 0.286 e. The van der Waals surface area contributed by atoms with Crippen molar-refractivity contribution in [3.8, 4) is 0 Å². The zero-order chi connectivity index (χ0) is 6.62. The predicted molar refractivity (Wildman–Crippen MR) is 28.9 cm³/mol. The highest BCUT2D eigenvalue weighted by atomic mass is 32.2. The van der Waals surface area contributed by atoms with Crippen molar-refractivity contribution in [2.45, 2.75) is 0 Å². The molecule has 8 heavy (non-hydrogen) atoms. The third kappa shape index (κ3) is 6.01. The molecule has 0 radical (unpaired) electrons. The maximum Gasteiger partial charge on any atom is 0.265 e. The molecule has 0 saturated carbocycles. The fourth-order valence-corrected chi connectivity index (χ4v) is 1.37. The van der Waals surface area contributed by atoms with Crippen molar-refractivity contribution in [2.75, 3.05) is 11.9 Å². The molecule has 0 atom stereocenters. The summed E-state index contributed by atoms with van der Waals surface area (Å²) in [6.07, 6.45) is -0.0428. The molecule has 0 bridgehead atoms. The van der Waals surface area contributed by atoms with Crippen LogP contribution in [0, 0.1) is 0 Å². The first-order valence-corrected chi connectivity index (χ1v) is 4.41. The van der Waals surface area contributed by atoms with Crippen molar-refractivity contribution < 1.29 is 17.5 Å². The van der Waals surface area contributed by atoms with E-state index in [1.165, 1.54) is 0 Å². The Kier molecular flexibility index (Phi) is 3.12. The van der Waals surface area contributed by atoms with Gasteiger partial charge in [-0.25, -0.2) is 0 Å². The molecule has 0 fully saturated rings. The van der Waals surface area contributed by atoms with Crippen LogP contribution in [0.15, 0.2) is 0 Å². The van der Waals surface area contributed by atoms with Gasteiger partial charge in [0.05, 0.1) is 5.75 Å². The zero-order valence-electron chi connectivity index (χ0n) is 3.94. The van der Waals surface area contributed by atoms with Gasteiger partial charge in [0.1, 0.15) is 0 Å². The van der Waals surface area contributed by atoms with Gasteiger partial charge in [-0.15, -0.1) is 0 Å². The fourth-order valence-electron chi connectivity index (χ4n) is 0.153. The molecule has 0 aromatic heterocycles. The molecule has 0 aliphatic rings. The first-order valence-electron chi connectivity index (χ1n) is 1.80. The molecule has 0 aliphatic heterocycles. The molecule has 0 heterocycles. The van der Waals surface area contributed by atoms with Crippen LogP contribution < -0.4 is 0 Å². The molecule has 0 unspecified atom stereocenters. The molecule has 0 aromatic rings. The Morgan fingerprint density at radius 1 is 1.50 bits per heavy atom. The summed E-state index contributed by atoms with van der Waals surface area (Å²) in [5.41, 5.74) is 0. The Bertz CT molecular complexity index is 159. The Hall–Kier alpha value is 0.01000. The number of hydrogen-bond donors (Lipinski definition) is 1. The van der Waals surface area contributed by atoms with Gasteiger partial charge in [-0.2, -0.15) is 8.42 Å².